The number of anilines is 3. The molecule has 3 atom stereocenters. The summed E-state index contributed by atoms with van der Waals surface area (Å²) in [5.41, 5.74) is 2.46. The second-order valence-corrected chi connectivity index (χ2v) is 9.88. The van der Waals surface area contributed by atoms with Crippen LogP contribution in [-0.2, 0) is 32.0 Å². The van der Waals surface area contributed by atoms with Crippen molar-refractivity contribution in [1.29, 1.82) is 5.26 Å². The highest BCUT2D eigenvalue weighted by atomic mass is 16.5. The van der Waals surface area contributed by atoms with Gasteiger partial charge in [-0.25, -0.2) is 14.8 Å². The van der Waals surface area contributed by atoms with Crippen LogP contribution >= 0.6 is 0 Å². The fourth-order valence-electron chi connectivity index (χ4n) is 5.29. The average Bonchev–Trinajstić information content (AvgIpc) is 3.57. The van der Waals surface area contributed by atoms with Gasteiger partial charge in [-0.1, -0.05) is 0 Å². The van der Waals surface area contributed by atoms with Crippen LogP contribution in [0.5, 0.6) is 0 Å². The molecule has 1 unspecified atom stereocenters. The zero-order valence-corrected chi connectivity index (χ0v) is 22.4. The number of hydrogen-bond donors (Lipinski definition) is 2. The van der Waals surface area contributed by atoms with Crippen LogP contribution in [0.4, 0.5) is 22.1 Å². The van der Waals surface area contributed by atoms with Crippen LogP contribution in [0.2, 0.25) is 0 Å². The Labute approximate surface area is 231 Å². The molecule has 2 fully saturated rings. The second kappa shape index (κ2) is 12.0. The number of nitrogens with zero attached hydrogens (tertiary/aromatic N) is 5. The summed E-state index contributed by atoms with van der Waals surface area (Å²) >= 11 is 0. The van der Waals surface area contributed by atoms with Gasteiger partial charge in [0.25, 0.3) is 5.91 Å². The maximum Gasteiger partial charge on any atom is 0.328 e. The molecule has 2 N–H and O–H groups in total. The number of ether oxygens (including phenoxy) is 3. The molecule has 5 rings (SSSR count). The molecule has 3 amide bonds. The van der Waals surface area contributed by atoms with E-state index >= 15 is 0 Å². The Morgan fingerprint density at radius 2 is 2.12 bits per heavy atom. The molecule has 0 bridgehead atoms. The van der Waals surface area contributed by atoms with E-state index in [1.54, 1.807) is 18.1 Å². The Bertz CT molecular complexity index is 1350. The molecule has 5 heterocycles. The van der Waals surface area contributed by atoms with Crippen molar-refractivity contribution in [2.24, 2.45) is 0 Å². The number of aryl methyl sites for hydroxylation is 1. The minimum atomic E-state index is -0.469. The third-order valence-corrected chi connectivity index (χ3v) is 7.46. The molecule has 0 aliphatic carbocycles. The third-order valence-electron chi connectivity index (χ3n) is 7.46. The first-order valence-electron chi connectivity index (χ1n) is 13.1. The molecule has 2 saturated heterocycles. The molecule has 2 aromatic rings. The van der Waals surface area contributed by atoms with Gasteiger partial charge in [0, 0.05) is 58.1 Å². The minimum Gasteiger partial charge on any atom is -0.377 e. The molecular formula is C27H31N7O6. The van der Waals surface area contributed by atoms with Crippen LogP contribution in [0.15, 0.2) is 18.3 Å². The Kier molecular flexibility index (Phi) is 8.20. The second-order valence-electron chi connectivity index (χ2n) is 9.88. The largest absolute Gasteiger partial charge is 0.377 e. The Hall–Kier alpha value is -4.12. The quantitative estimate of drug-likeness (QED) is 0.464. The summed E-state index contributed by atoms with van der Waals surface area (Å²) in [6.45, 7) is 2.05. The van der Waals surface area contributed by atoms with Crippen LogP contribution in [-0.4, -0.2) is 91.9 Å². The molecule has 3 aliphatic heterocycles. The minimum absolute atomic E-state index is 0.111. The number of pyridine rings is 2. The Morgan fingerprint density at radius 1 is 1.27 bits per heavy atom. The van der Waals surface area contributed by atoms with E-state index in [-0.39, 0.29) is 36.1 Å². The van der Waals surface area contributed by atoms with Crippen molar-refractivity contribution >= 4 is 35.5 Å². The van der Waals surface area contributed by atoms with Crippen LogP contribution in [0.3, 0.4) is 0 Å². The van der Waals surface area contributed by atoms with Gasteiger partial charge in [0.05, 0.1) is 30.5 Å². The molecule has 13 heteroatoms. The van der Waals surface area contributed by atoms with Crippen LogP contribution in [0, 0.1) is 11.3 Å². The lowest BCUT2D eigenvalue weighted by Gasteiger charge is -2.29. The number of aromatic nitrogens is 2. The number of fused-ring (bicyclic) bond motifs is 1. The fourth-order valence-corrected chi connectivity index (χ4v) is 5.29. The highest BCUT2D eigenvalue weighted by Crippen LogP contribution is 2.30. The summed E-state index contributed by atoms with van der Waals surface area (Å²) in [7, 11) is 3.11. The molecule has 40 heavy (non-hydrogen) atoms. The first-order valence-corrected chi connectivity index (χ1v) is 13.1. The van der Waals surface area contributed by atoms with E-state index in [2.05, 4.69) is 26.7 Å². The van der Waals surface area contributed by atoms with E-state index in [1.165, 1.54) is 18.2 Å². The smallest absolute Gasteiger partial charge is 0.328 e. The van der Waals surface area contributed by atoms with Gasteiger partial charge in [-0.2, -0.15) is 5.26 Å². The number of nitriles is 1. The number of methoxy groups -OCH3 is 2. The molecule has 13 nitrogen and oxygen atoms in total. The molecule has 210 valence electrons. The van der Waals surface area contributed by atoms with Crippen molar-refractivity contribution in [3.05, 3.63) is 40.7 Å². The number of hydrogen-bond acceptors (Lipinski definition) is 10. The predicted octanol–water partition coefficient (Wildman–Crippen LogP) is 1.72. The molecule has 0 saturated carbocycles. The molecule has 2 aromatic heterocycles. The summed E-state index contributed by atoms with van der Waals surface area (Å²) in [6, 6.07) is 4.94. The number of amides is 3. The van der Waals surface area contributed by atoms with Gasteiger partial charge in [-0.15, -0.1) is 0 Å². The third kappa shape index (κ3) is 5.46. The van der Waals surface area contributed by atoms with E-state index in [0.29, 0.717) is 74.5 Å². The lowest BCUT2D eigenvalue weighted by Crippen LogP contribution is -2.40. The molecule has 0 aromatic carbocycles. The van der Waals surface area contributed by atoms with Gasteiger partial charge >= 0.3 is 6.03 Å². The average molecular weight is 550 g/mol. The first kappa shape index (κ1) is 27.4. The van der Waals surface area contributed by atoms with E-state index in [0.717, 1.165) is 5.56 Å². The van der Waals surface area contributed by atoms with Crippen molar-refractivity contribution < 1.29 is 28.6 Å². The van der Waals surface area contributed by atoms with E-state index < -0.39 is 12.1 Å². The summed E-state index contributed by atoms with van der Waals surface area (Å²) in [4.78, 5) is 49.8. The van der Waals surface area contributed by atoms with Crippen molar-refractivity contribution in [3.63, 3.8) is 0 Å². The number of aldehydes is 1. The Morgan fingerprint density at radius 3 is 2.85 bits per heavy atom. The molecular weight excluding hydrogens is 518 g/mol. The first-order chi connectivity index (χ1) is 19.4. The summed E-state index contributed by atoms with van der Waals surface area (Å²) in [6.07, 6.45) is 3.38. The number of carbonyl (C=O) groups excluding carboxylic acids is 3. The van der Waals surface area contributed by atoms with Gasteiger partial charge in [0.15, 0.2) is 6.29 Å². The Balaban J connectivity index is 1.34. The number of likely N-dealkylation sites (tertiary alicyclic amines) is 1. The SMILES string of the molecule is COC1COC[C@H]1Nc1cc(NC(=O)N2CCCc3cc(CN4CC[C@@H](OC)C4=O)c(C=O)nc32)ncc1C#N. The number of nitrogens with one attached hydrogen (secondary N) is 2. The number of urea groups is 1. The topological polar surface area (TPSA) is 159 Å². The summed E-state index contributed by atoms with van der Waals surface area (Å²) in [5, 5.41) is 15.6. The van der Waals surface area contributed by atoms with E-state index in [9.17, 15) is 19.6 Å². The van der Waals surface area contributed by atoms with Gasteiger partial charge in [-0.05, 0) is 24.5 Å². The van der Waals surface area contributed by atoms with Crippen LogP contribution in [0.25, 0.3) is 0 Å². The number of carbonyl (C=O) groups is 3. The van der Waals surface area contributed by atoms with Crippen molar-refractivity contribution in [2.45, 2.75) is 44.1 Å². The summed E-state index contributed by atoms with van der Waals surface area (Å²) in [5.74, 6) is 0.536. The van der Waals surface area contributed by atoms with Crippen LogP contribution in [0.1, 0.15) is 40.0 Å². The molecule has 0 spiro atoms. The zero-order chi connectivity index (χ0) is 28.2. The highest BCUT2D eigenvalue weighted by molar-refractivity contribution is 6.02. The van der Waals surface area contributed by atoms with E-state index in [1.807, 2.05) is 6.07 Å². The predicted molar refractivity (Wildman–Crippen MR) is 143 cm³/mol. The van der Waals surface area contributed by atoms with Crippen LogP contribution < -0.4 is 15.5 Å². The highest BCUT2D eigenvalue weighted by Gasteiger charge is 2.33. The molecule has 3 aliphatic rings. The standard InChI is InChI=1S/C27H31N7O6/c1-38-22-5-7-33(26(22)36)12-17-8-16-4-3-6-34(25(16)31-20(17)13-35)27(37)32-24-9-19(18(10-28)11-29-24)30-21-14-40-15-23(21)39-2/h8-9,11,13,21-23H,3-7,12,14-15H2,1-2H3,(H2,29,30,32,37)/t21-,22-,23?/m1/s1. The van der Waals surface area contributed by atoms with E-state index in [4.69, 9.17) is 14.2 Å². The monoisotopic (exact) mass is 549 g/mol. The molecule has 0 radical (unpaired) electrons. The lowest BCUT2D eigenvalue weighted by atomic mass is 10.0. The lowest BCUT2D eigenvalue weighted by molar-refractivity contribution is -0.136. The van der Waals surface area contributed by atoms with Gasteiger partial charge in [-0.3, -0.25) is 19.8 Å². The normalized spacial score (nSPS) is 22.1. The van der Waals surface area contributed by atoms with Gasteiger partial charge in [0.2, 0.25) is 0 Å². The zero-order valence-electron chi connectivity index (χ0n) is 22.4. The summed E-state index contributed by atoms with van der Waals surface area (Å²) < 4.78 is 16.1. The fraction of sp³-hybridized carbons (Fsp3) is 0.481. The van der Waals surface area contributed by atoms with Crippen molar-refractivity contribution in [3.8, 4) is 6.07 Å². The maximum absolute atomic E-state index is 13.4. The maximum atomic E-state index is 13.4. The van der Waals surface area contributed by atoms with Gasteiger partial charge in [0.1, 0.15) is 35.6 Å². The number of rotatable bonds is 8. The van der Waals surface area contributed by atoms with Gasteiger partial charge < -0.3 is 24.4 Å². The van der Waals surface area contributed by atoms with Crippen molar-refractivity contribution in [2.75, 3.05) is 56.1 Å². The van der Waals surface area contributed by atoms with Crippen molar-refractivity contribution in [1.82, 2.24) is 14.9 Å².